The fourth-order valence-electron chi connectivity index (χ4n) is 2.66. The number of aromatic nitrogens is 2. The van der Waals surface area contributed by atoms with E-state index >= 15 is 0 Å². The zero-order valence-corrected chi connectivity index (χ0v) is 16.6. The largest absolute Gasteiger partial charge is 0.433 e. The highest BCUT2D eigenvalue weighted by atomic mass is 127. The van der Waals surface area contributed by atoms with Crippen molar-refractivity contribution in [2.45, 2.75) is 25.9 Å². The third-order valence-corrected chi connectivity index (χ3v) is 3.81. The fraction of sp³-hybridized carbons (Fsp3) is 0.667. The molecule has 2 N–H and O–H groups in total. The number of piperidine rings is 1. The summed E-state index contributed by atoms with van der Waals surface area (Å²) in [5.74, 6) is 1.41. The Morgan fingerprint density at radius 2 is 2.16 bits per heavy atom. The van der Waals surface area contributed by atoms with Gasteiger partial charge in [0.15, 0.2) is 5.96 Å². The van der Waals surface area contributed by atoms with Crippen molar-refractivity contribution in [1.29, 1.82) is 0 Å². The van der Waals surface area contributed by atoms with Crippen LogP contribution in [0.5, 0.6) is 0 Å². The van der Waals surface area contributed by atoms with Crippen LogP contribution in [0.1, 0.15) is 25.5 Å². The van der Waals surface area contributed by atoms with E-state index in [4.69, 9.17) is 0 Å². The minimum Gasteiger partial charge on any atom is -0.354 e. The molecular formula is C15H24F3IN6. The lowest BCUT2D eigenvalue weighted by molar-refractivity contribution is -0.141. The zero-order valence-electron chi connectivity index (χ0n) is 14.3. The summed E-state index contributed by atoms with van der Waals surface area (Å²) in [5, 5.41) is 6.00. The Morgan fingerprint density at radius 3 is 2.80 bits per heavy atom. The van der Waals surface area contributed by atoms with Gasteiger partial charge in [-0.15, -0.1) is 24.0 Å². The molecule has 25 heavy (non-hydrogen) atoms. The van der Waals surface area contributed by atoms with Gasteiger partial charge in [-0.2, -0.15) is 13.2 Å². The first-order chi connectivity index (χ1) is 11.4. The Bertz CT molecular complexity index is 566. The van der Waals surface area contributed by atoms with Crippen molar-refractivity contribution in [2.24, 2.45) is 10.9 Å². The number of hydrogen-bond donors (Lipinski definition) is 2. The third-order valence-electron chi connectivity index (χ3n) is 3.81. The van der Waals surface area contributed by atoms with E-state index in [2.05, 4.69) is 37.4 Å². The van der Waals surface area contributed by atoms with Gasteiger partial charge in [0.25, 0.3) is 0 Å². The molecule has 1 aromatic rings. The average Bonchev–Trinajstić information content (AvgIpc) is 2.54. The van der Waals surface area contributed by atoms with Crippen molar-refractivity contribution in [3.63, 3.8) is 0 Å². The Labute approximate surface area is 162 Å². The van der Waals surface area contributed by atoms with Gasteiger partial charge in [0, 0.05) is 39.4 Å². The highest BCUT2D eigenvalue weighted by Crippen LogP contribution is 2.27. The van der Waals surface area contributed by atoms with Crippen molar-refractivity contribution in [3.8, 4) is 0 Å². The molecule has 10 heteroatoms. The second-order valence-corrected chi connectivity index (χ2v) is 5.86. The van der Waals surface area contributed by atoms with E-state index in [0.29, 0.717) is 19.0 Å². The topological polar surface area (TPSA) is 65.4 Å². The van der Waals surface area contributed by atoms with Crippen LogP contribution in [0.15, 0.2) is 17.3 Å². The second-order valence-electron chi connectivity index (χ2n) is 5.86. The molecule has 0 aliphatic carbocycles. The van der Waals surface area contributed by atoms with Gasteiger partial charge in [0.05, 0.1) is 0 Å². The highest BCUT2D eigenvalue weighted by molar-refractivity contribution is 14.0. The van der Waals surface area contributed by atoms with Crippen LogP contribution in [0, 0.1) is 5.92 Å². The predicted octanol–water partition coefficient (Wildman–Crippen LogP) is 2.83. The molecule has 2 heterocycles. The number of likely N-dealkylation sites (tertiary alicyclic amines) is 1. The van der Waals surface area contributed by atoms with Crippen LogP contribution in [0.2, 0.25) is 0 Å². The Hall–Kier alpha value is -1.33. The van der Waals surface area contributed by atoms with Gasteiger partial charge < -0.3 is 15.5 Å². The standard InChI is InChI=1S/C15H23F3N6.HI/c1-11-4-3-9-24(10-11)14(19-2)22-8-7-21-13-20-6-5-12(23-13)15(16,17)18;/h5-6,11H,3-4,7-10H2,1-2H3,(H,19,22)(H,20,21,23);1H. The first kappa shape index (κ1) is 21.7. The van der Waals surface area contributed by atoms with Crippen molar-refractivity contribution >= 4 is 35.9 Å². The average molecular weight is 472 g/mol. The van der Waals surface area contributed by atoms with E-state index in [1.54, 1.807) is 7.05 Å². The quantitative estimate of drug-likeness (QED) is 0.306. The number of hydrogen-bond acceptors (Lipinski definition) is 4. The van der Waals surface area contributed by atoms with E-state index in [1.165, 1.54) is 6.42 Å². The number of anilines is 1. The fourth-order valence-corrected chi connectivity index (χ4v) is 2.66. The highest BCUT2D eigenvalue weighted by Gasteiger charge is 2.32. The van der Waals surface area contributed by atoms with Gasteiger partial charge in [-0.25, -0.2) is 9.97 Å². The number of guanidine groups is 1. The molecule has 1 aliphatic heterocycles. The van der Waals surface area contributed by atoms with Gasteiger partial charge in [-0.05, 0) is 24.8 Å². The van der Waals surface area contributed by atoms with Crippen LogP contribution in [0.4, 0.5) is 19.1 Å². The van der Waals surface area contributed by atoms with Crippen molar-refractivity contribution in [2.75, 3.05) is 38.5 Å². The molecule has 1 fully saturated rings. The van der Waals surface area contributed by atoms with Crippen LogP contribution in [-0.4, -0.2) is 54.1 Å². The molecule has 6 nitrogen and oxygen atoms in total. The zero-order chi connectivity index (χ0) is 17.6. The predicted molar refractivity (Wildman–Crippen MR) is 102 cm³/mol. The van der Waals surface area contributed by atoms with Gasteiger partial charge in [-0.3, -0.25) is 4.99 Å². The summed E-state index contributed by atoms with van der Waals surface area (Å²) >= 11 is 0. The van der Waals surface area contributed by atoms with Crippen molar-refractivity contribution < 1.29 is 13.2 Å². The minimum atomic E-state index is -4.47. The molecule has 0 aromatic carbocycles. The minimum absolute atomic E-state index is 0. The molecule has 1 atom stereocenters. The summed E-state index contributed by atoms with van der Waals surface area (Å²) in [7, 11) is 1.73. The van der Waals surface area contributed by atoms with E-state index in [9.17, 15) is 13.2 Å². The molecule has 0 radical (unpaired) electrons. The number of halogens is 4. The number of alkyl halides is 3. The molecule has 142 valence electrons. The molecule has 1 aliphatic rings. The summed E-state index contributed by atoms with van der Waals surface area (Å²) in [6.45, 7) is 5.05. The first-order valence-corrected chi connectivity index (χ1v) is 8.00. The number of rotatable bonds is 4. The van der Waals surface area contributed by atoms with E-state index < -0.39 is 11.9 Å². The molecule has 0 amide bonds. The molecule has 1 saturated heterocycles. The van der Waals surface area contributed by atoms with Gasteiger partial charge in [-0.1, -0.05) is 6.92 Å². The maximum Gasteiger partial charge on any atom is 0.433 e. The van der Waals surface area contributed by atoms with Crippen LogP contribution >= 0.6 is 24.0 Å². The second kappa shape index (κ2) is 9.97. The molecule has 0 saturated carbocycles. The lowest BCUT2D eigenvalue weighted by atomic mass is 10.0. The van der Waals surface area contributed by atoms with Crippen LogP contribution in [0.25, 0.3) is 0 Å². The Balaban J connectivity index is 0.00000312. The van der Waals surface area contributed by atoms with Gasteiger partial charge >= 0.3 is 6.18 Å². The molecule has 2 rings (SSSR count). The Morgan fingerprint density at radius 1 is 1.40 bits per heavy atom. The maximum atomic E-state index is 12.6. The Kier molecular flexibility index (Phi) is 8.66. The van der Waals surface area contributed by atoms with E-state index in [1.807, 2.05) is 0 Å². The molecule has 0 spiro atoms. The van der Waals surface area contributed by atoms with Crippen LogP contribution < -0.4 is 10.6 Å². The monoisotopic (exact) mass is 472 g/mol. The first-order valence-electron chi connectivity index (χ1n) is 8.00. The molecular weight excluding hydrogens is 448 g/mol. The van der Waals surface area contributed by atoms with Crippen molar-refractivity contribution in [1.82, 2.24) is 20.2 Å². The molecule has 1 aromatic heterocycles. The summed E-state index contributed by atoms with van der Waals surface area (Å²) in [6, 6.07) is 0.850. The number of nitrogens with zero attached hydrogens (tertiary/aromatic N) is 4. The number of nitrogens with one attached hydrogen (secondary N) is 2. The third kappa shape index (κ3) is 6.83. The van der Waals surface area contributed by atoms with E-state index in [0.717, 1.165) is 37.7 Å². The molecule has 0 bridgehead atoms. The lowest BCUT2D eigenvalue weighted by Gasteiger charge is -2.33. The summed E-state index contributed by atoms with van der Waals surface area (Å²) in [6.07, 6.45) is -1.01. The van der Waals surface area contributed by atoms with Gasteiger partial charge in [0.1, 0.15) is 5.69 Å². The normalized spacial score (nSPS) is 18.5. The van der Waals surface area contributed by atoms with E-state index in [-0.39, 0.29) is 29.9 Å². The van der Waals surface area contributed by atoms with Gasteiger partial charge in [0.2, 0.25) is 5.95 Å². The lowest BCUT2D eigenvalue weighted by Crippen LogP contribution is -2.47. The van der Waals surface area contributed by atoms with Crippen molar-refractivity contribution in [3.05, 3.63) is 18.0 Å². The number of aliphatic imine (C=N–C) groups is 1. The smallest absolute Gasteiger partial charge is 0.354 e. The van der Waals surface area contributed by atoms with Crippen LogP contribution in [-0.2, 0) is 6.18 Å². The summed E-state index contributed by atoms with van der Waals surface area (Å²) in [5.41, 5.74) is -0.953. The molecule has 1 unspecified atom stereocenters. The maximum absolute atomic E-state index is 12.6. The summed E-state index contributed by atoms with van der Waals surface area (Å²) in [4.78, 5) is 13.7. The summed E-state index contributed by atoms with van der Waals surface area (Å²) < 4.78 is 37.8. The SMILES string of the molecule is CN=C(NCCNc1nccc(C(F)(F)F)n1)N1CCCC(C)C1.I. The van der Waals surface area contributed by atoms with Crippen LogP contribution in [0.3, 0.4) is 0 Å².